The predicted molar refractivity (Wildman–Crippen MR) is 78.9 cm³/mol. The maximum absolute atomic E-state index is 12.1. The second-order valence-electron chi connectivity index (χ2n) is 5.17. The lowest BCUT2D eigenvalue weighted by Crippen LogP contribution is -2.41. The average Bonchev–Trinajstić information content (AvgIpc) is 2.93. The van der Waals surface area contributed by atoms with Gasteiger partial charge < -0.3 is 15.2 Å². The zero-order valence-electron chi connectivity index (χ0n) is 11.8. The van der Waals surface area contributed by atoms with Crippen LogP contribution in [-0.4, -0.2) is 29.1 Å². The fourth-order valence-corrected chi connectivity index (χ4v) is 2.64. The highest BCUT2D eigenvalue weighted by atomic mass is 35.5. The summed E-state index contributed by atoms with van der Waals surface area (Å²) in [6.45, 7) is 1.58. The number of hydrogen-bond donors (Lipinski definition) is 2. The van der Waals surface area contributed by atoms with Gasteiger partial charge in [0.1, 0.15) is 5.56 Å². The van der Waals surface area contributed by atoms with Gasteiger partial charge in [-0.15, -0.1) is 0 Å². The van der Waals surface area contributed by atoms with Crippen LogP contribution in [0.1, 0.15) is 43.0 Å². The van der Waals surface area contributed by atoms with Crippen LogP contribution in [0.2, 0.25) is 5.02 Å². The zero-order valence-corrected chi connectivity index (χ0v) is 12.5. The number of carbonyl (C=O) groups excluding carboxylic acids is 1. The largest absolute Gasteiger partial charge is 0.478 e. The molecule has 0 saturated heterocycles. The Bertz CT molecular complexity index is 540. The summed E-state index contributed by atoms with van der Waals surface area (Å²) in [6.07, 6.45) is 3.39. The van der Waals surface area contributed by atoms with Gasteiger partial charge in [0.15, 0.2) is 11.9 Å². The molecule has 5 nitrogen and oxygen atoms in total. The molecule has 1 atom stereocenters. The minimum Gasteiger partial charge on any atom is -0.478 e. The quantitative estimate of drug-likeness (QED) is 0.876. The van der Waals surface area contributed by atoms with Gasteiger partial charge in [0, 0.05) is 6.04 Å². The van der Waals surface area contributed by atoms with Gasteiger partial charge in [-0.3, -0.25) is 4.79 Å². The molecule has 0 bridgehead atoms. The first-order valence-electron chi connectivity index (χ1n) is 6.98. The first-order valence-corrected chi connectivity index (χ1v) is 7.35. The molecule has 0 radical (unpaired) electrons. The van der Waals surface area contributed by atoms with Crippen LogP contribution in [0.15, 0.2) is 18.2 Å². The highest BCUT2D eigenvalue weighted by Gasteiger charge is 2.24. The molecular formula is C15H18ClNO4. The van der Waals surface area contributed by atoms with Crippen molar-refractivity contribution in [2.75, 3.05) is 0 Å². The van der Waals surface area contributed by atoms with E-state index < -0.39 is 12.1 Å². The van der Waals surface area contributed by atoms with E-state index in [0.29, 0.717) is 0 Å². The van der Waals surface area contributed by atoms with E-state index in [2.05, 4.69) is 5.32 Å². The van der Waals surface area contributed by atoms with Gasteiger partial charge in [-0.1, -0.05) is 30.5 Å². The minimum absolute atomic E-state index is 0.0285. The third kappa shape index (κ3) is 3.88. The number of carboxylic acids is 1. The van der Waals surface area contributed by atoms with Gasteiger partial charge in [0.2, 0.25) is 0 Å². The Kier molecular flexibility index (Phi) is 5.07. The Morgan fingerprint density at radius 3 is 2.67 bits per heavy atom. The molecule has 114 valence electrons. The van der Waals surface area contributed by atoms with Crippen molar-refractivity contribution in [2.45, 2.75) is 44.8 Å². The van der Waals surface area contributed by atoms with Crippen LogP contribution in [0.4, 0.5) is 0 Å². The number of para-hydroxylation sites is 1. The number of hydrogen-bond acceptors (Lipinski definition) is 3. The van der Waals surface area contributed by atoms with Crippen LogP contribution < -0.4 is 10.1 Å². The number of carboxylic acid groups (broad SMARTS) is 1. The Balaban J connectivity index is 2.06. The Hall–Kier alpha value is -1.75. The summed E-state index contributed by atoms with van der Waals surface area (Å²) in [5.74, 6) is -1.37. The van der Waals surface area contributed by atoms with Gasteiger partial charge in [0.25, 0.3) is 5.91 Å². The third-order valence-electron chi connectivity index (χ3n) is 3.56. The van der Waals surface area contributed by atoms with Crippen LogP contribution in [0.5, 0.6) is 5.75 Å². The van der Waals surface area contributed by atoms with Gasteiger partial charge in [-0.05, 0) is 31.9 Å². The molecule has 1 saturated carbocycles. The molecule has 0 aromatic heterocycles. The predicted octanol–water partition coefficient (Wildman–Crippen LogP) is 2.86. The molecule has 0 aliphatic heterocycles. The van der Waals surface area contributed by atoms with E-state index in [1.807, 2.05) is 0 Å². The highest BCUT2D eigenvalue weighted by molar-refractivity contribution is 6.32. The summed E-state index contributed by atoms with van der Waals surface area (Å²) < 4.78 is 5.48. The van der Waals surface area contributed by atoms with E-state index in [1.54, 1.807) is 6.92 Å². The van der Waals surface area contributed by atoms with Crippen molar-refractivity contribution in [3.63, 3.8) is 0 Å². The molecular weight excluding hydrogens is 294 g/mol. The van der Waals surface area contributed by atoms with E-state index in [0.717, 1.165) is 25.7 Å². The van der Waals surface area contributed by atoms with Crippen LogP contribution in [-0.2, 0) is 4.79 Å². The number of amides is 1. The number of halogens is 1. The van der Waals surface area contributed by atoms with Gasteiger partial charge in [-0.2, -0.15) is 0 Å². The van der Waals surface area contributed by atoms with Crippen molar-refractivity contribution in [1.29, 1.82) is 0 Å². The Morgan fingerprint density at radius 2 is 2.05 bits per heavy atom. The van der Waals surface area contributed by atoms with E-state index in [1.165, 1.54) is 18.2 Å². The van der Waals surface area contributed by atoms with Crippen molar-refractivity contribution in [2.24, 2.45) is 0 Å². The van der Waals surface area contributed by atoms with Crippen LogP contribution in [0.25, 0.3) is 0 Å². The topological polar surface area (TPSA) is 75.6 Å². The molecule has 1 aliphatic carbocycles. The first-order chi connectivity index (χ1) is 9.99. The van der Waals surface area contributed by atoms with Crippen LogP contribution in [0, 0.1) is 0 Å². The molecule has 0 heterocycles. The zero-order chi connectivity index (χ0) is 15.4. The molecule has 1 amide bonds. The summed E-state index contributed by atoms with van der Waals surface area (Å²) in [5.41, 5.74) is -0.0528. The SMILES string of the molecule is CC(Oc1c(Cl)cccc1C(=O)O)C(=O)NC1CCCC1. The number of aromatic carboxylic acids is 1. The second kappa shape index (κ2) is 6.80. The number of nitrogens with one attached hydrogen (secondary N) is 1. The van der Waals surface area contributed by atoms with Crippen molar-refractivity contribution < 1.29 is 19.4 Å². The maximum Gasteiger partial charge on any atom is 0.339 e. The van der Waals surface area contributed by atoms with E-state index in [4.69, 9.17) is 21.4 Å². The molecule has 0 spiro atoms. The standard InChI is InChI=1S/C15H18ClNO4/c1-9(14(18)17-10-5-2-3-6-10)21-13-11(15(19)20)7-4-8-12(13)16/h4,7-10H,2-3,5-6H2,1H3,(H,17,18)(H,19,20). The fourth-order valence-electron chi connectivity index (χ4n) is 2.42. The summed E-state index contributed by atoms with van der Waals surface area (Å²) in [5, 5.41) is 12.2. The van der Waals surface area contributed by atoms with Crippen molar-refractivity contribution in [1.82, 2.24) is 5.32 Å². The molecule has 1 aliphatic rings. The normalized spacial score (nSPS) is 16.5. The first kappa shape index (κ1) is 15.6. The van der Waals surface area contributed by atoms with Crippen molar-refractivity contribution in [3.8, 4) is 5.75 Å². The van der Waals surface area contributed by atoms with E-state index in [-0.39, 0.29) is 28.3 Å². The summed E-state index contributed by atoms with van der Waals surface area (Å²) in [6, 6.07) is 4.64. The van der Waals surface area contributed by atoms with Crippen LogP contribution >= 0.6 is 11.6 Å². The average molecular weight is 312 g/mol. The molecule has 1 aromatic rings. The fraction of sp³-hybridized carbons (Fsp3) is 0.467. The second-order valence-corrected chi connectivity index (χ2v) is 5.58. The van der Waals surface area contributed by atoms with Crippen molar-refractivity contribution in [3.05, 3.63) is 28.8 Å². The number of ether oxygens (including phenoxy) is 1. The van der Waals surface area contributed by atoms with E-state index in [9.17, 15) is 9.59 Å². The molecule has 2 N–H and O–H groups in total. The smallest absolute Gasteiger partial charge is 0.339 e. The molecule has 6 heteroatoms. The lowest BCUT2D eigenvalue weighted by Gasteiger charge is -2.19. The minimum atomic E-state index is -1.14. The molecule has 2 rings (SSSR count). The van der Waals surface area contributed by atoms with Crippen LogP contribution in [0.3, 0.4) is 0 Å². The summed E-state index contributed by atoms with van der Waals surface area (Å²) in [4.78, 5) is 23.2. The number of rotatable bonds is 5. The molecule has 1 unspecified atom stereocenters. The molecule has 21 heavy (non-hydrogen) atoms. The lowest BCUT2D eigenvalue weighted by molar-refractivity contribution is -0.128. The Labute approximate surface area is 128 Å². The summed E-state index contributed by atoms with van der Waals surface area (Å²) in [7, 11) is 0. The number of benzene rings is 1. The van der Waals surface area contributed by atoms with E-state index >= 15 is 0 Å². The monoisotopic (exact) mass is 311 g/mol. The molecule has 1 fully saturated rings. The van der Waals surface area contributed by atoms with Gasteiger partial charge >= 0.3 is 5.97 Å². The van der Waals surface area contributed by atoms with Gasteiger partial charge in [-0.25, -0.2) is 4.79 Å². The number of carbonyl (C=O) groups is 2. The molecule has 1 aromatic carbocycles. The Morgan fingerprint density at radius 1 is 1.38 bits per heavy atom. The van der Waals surface area contributed by atoms with Gasteiger partial charge in [0.05, 0.1) is 5.02 Å². The maximum atomic E-state index is 12.1. The lowest BCUT2D eigenvalue weighted by atomic mass is 10.2. The summed E-state index contributed by atoms with van der Waals surface area (Å²) >= 11 is 5.97. The highest BCUT2D eigenvalue weighted by Crippen LogP contribution is 2.29. The third-order valence-corrected chi connectivity index (χ3v) is 3.86. The van der Waals surface area contributed by atoms with Crippen molar-refractivity contribution >= 4 is 23.5 Å².